The van der Waals surface area contributed by atoms with Gasteiger partial charge in [0.05, 0.1) is 0 Å². The number of nitrogens with zero attached hydrogens (tertiary/aromatic N) is 1. The van der Waals surface area contributed by atoms with Crippen molar-refractivity contribution in [1.29, 1.82) is 0 Å². The van der Waals surface area contributed by atoms with Gasteiger partial charge in [0.15, 0.2) is 0 Å². The molecule has 0 bridgehead atoms. The summed E-state index contributed by atoms with van der Waals surface area (Å²) < 4.78 is 0. The van der Waals surface area contributed by atoms with E-state index in [1.807, 2.05) is 0 Å². The highest BCUT2D eigenvalue weighted by atomic mass is 16.2. The summed E-state index contributed by atoms with van der Waals surface area (Å²) in [5, 5.41) is 3.25. The standard InChI is InChI=1S/C18H26N2O/c21-18(16-7-4-8-16)19-17-10-13-20(14-11-17)12-9-15-5-2-1-3-6-15/h1-3,5-6,16-17H,4,7-14H2,(H,19,21). The van der Waals surface area contributed by atoms with Gasteiger partial charge in [-0.05, 0) is 37.7 Å². The van der Waals surface area contributed by atoms with Gasteiger partial charge >= 0.3 is 0 Å². The topological polar surface area (TPSA) is 32.3 Å². The van der Waals surface area contributed by atoms with Crippen LogP contribution in [0.5, 0.6) is 0 Å². The van der Waals surface area contributed by atoms with Crippen LogP contribution in [0, 0.1) is 5.92 Å². The average molecular weight is 286 g/mol. The van der Waals surface area contributed by atoms with Crippen LogP contribution >= 0.6 is 0 Å². The lowest BCUT2D eigenvalue weighted by Crippen LogP contribution is -2.47. The van der Waals surface area contributed by atoms with E-state index in [-0.39, 0.29) is 0 Å². The number of likely N-dealkylation sites (tertiary alicyclic amines) is 1. The first kappa shape index (κ1) is 14.6. The predicted octanol–water partition coefficient (Wildman–Crippen LogP) is 2.61. The minimum absolute atomic E-state index is 0.309. The Morgan fingerprint density at radius 2 is 1.81 bits per heavy atom. The molecule has 1 aliphatic carbocycles. The van der Waals surface area contributed by atoms with E-state index < -0.39 is 0 Å². The fourth-order valence-corrected chi connectivity index (χ4v) is 3.22. The van der Waals surface area contributed by atoms with Gasteiger partial charge in [-0.3, -0.25) is 4.79 Å². The van der Waals surface area contributed by atoms with E-state index in [2.05, 4.69) is 40.5 Å². The highest BCUT2D eigenvalue weighted by Crippen LogP contribution is 2.26. The van der Waals surface area contributed by atoms with E-state index >= 15 is 0 Å². The van der Waals surface area contributed by atoms with E-state index in [1.165, 1.54) is 12.0 Å². The van der Waals surface area contributed by atoms with E-state index in [0.717, 1.165) is 51.7 Å². The molecule has 1 aliphatic heterocycles. The van der Waals surface area contributed by atoms with Crippen LogP contribution in [0.3, 0.4) is 0 Å². The van der Waals surface area contributed by atoms with Crippen molar-refractivity contribution < 1.29 is 4.79 Å². The third-order valence-electron chi connectivity index (χ3n) is 4.97. The highest BCUT2D eigenvalue weighted by molar-refractivity contribution is 5.79. The van der Waals surface area contributed by atoms with Crippen molar-refractivity contribution in [3.05, 3.63) is 35.9 Å². The molecule has 0 spiro atoms. The van der Waals surface area contributed by atoms with Gasteiger partial charge < -0.3 is 10.2 Å². The SMILES string of the molecule is O=C(NC1CCN(CCc2ccccc2)CC1)C1CCC1. The van der Waals surface area contributed by atoms with Crippen LogP contribution in [-0.4, -0.2) is 36.5 Å². The van der Waals surface area contributed by atoms with Crippen molar-refractivity contribution in [3.63, 3.8) is 0 Å². The molecule has 3 heteroatoms. The smallest absolute Gasteiger partial charge is 0.223 e. The molecule has 2 aliphatic rings. The number of benzene rings is 1. The number of carbonyl (C=O) groups is 1. The second-order valence-electron chi connectivity index (χ2n) is 6.49. The highest BCUT2D eigenvalue weighted by Gasteiger charge is 2.28. The molecule has 1 aromatic rings. The fourth-order valence-electron chi connectivity index (χ4n) is 3.22. The maximum absolute atomic E-state index is 12.0. The summed E-state index contributed by atoms with van der Waals surface area (Å²) in [6.07, 6.45) is 6.76. The molecule has 1 heterocycles. The van der Waals surface area contributed by atoms with Crippen LogP contribution in [0.25, 0.3) is 0 Å². The average Bonchev–Trinajstić information content (AvgIpc) is 2.46. The quantitative estimate of drug-likeness (QED) is 0.902. The lowest BCUT2D eigenvalue weighted by molar-refractivity contribution is -0.128. The summed E-state index contributed by atoms with van der Waals surface area (Å²) in [5.41, 5.74) is 1.41. The molecule has 2 fully saturated rings. The second-order valence-corrected chi connectivity index (χ2v) is 6.49. The molecular formula is C18H26N2O. The van der Waals surface area contributed by atoms with Crippen LogP contribution in [0.4, 0.5) is 0 Å². The van der Waals surface area contributed by atoms with Crippen LogP contribution in [0.1, 0.15) is 37.7 Å². The van der Waals surface area contributed by atoms with Crippen molar-refractivity contribution in [2.24, 2.45) is 5.92 Å². The molecule has 21 heavy (non-hydrogen) atoms. The Morgan fingerprint density at radius 3 is 2.43 bits per heavy atom. The largest absolute Gasteiger partial charge is 0.353 e. The van der Waals surface area contributed by atoms with Gasteiger partial charge in [-0.1, -0.05) is 36.8 Å². The molecular weight excluding hydrogens is 260 g/mol. The van der Waals surface area contributed by atoms with Crippen LogP contribution in [-0.2, 0) is 11.2 Å². The summed E-state index contributed by atoms with van der Waals surface area (Å²) >= 11 is 0. The van der Waals surface area contributed by atoms with Gasteiger partial charge in [0.25, 0.3) is 0 Å². The molecule has 3 rings (SSSR count). The van der Waals surface area contributed by atoms with Crippen molar-refractivity contribution in [3.8, 4) is 0 Å². The summed E-state index contributed by atoms with van der Waals surface area (Å²) in [6.45, 7) is 3.36. The maximum atomic E-state index is 12.0. The Labute approximate surface area is 127 Å². The fraction of sp³-hybridized carbons (Fsp3) is 0.611. The number of nitrogens with one attached hydrogen (secondary N) is 1. The maximum Gasteiger partial charge on any atom is 0.223 e. The summed E-state index contributed by atoms with van der Waals surface area (Å²) in [4.78, 5) is 14.5. The Balaban J connectivity index is 1.36. The van der Waals surface area contributed by atoms with Gasteiger partial charge in [-0.25, -0.2) is 0 Å². The molecule has 0 radical (unpaired) electrons. The zero-order valence-electron chi connectivity index (χ0n) is 12.8. The van der Waals surface area contributed by atoms with E-state index in [0.29, 0.717) is 17.9 Å². The Hall–Kier alpha value is -1.35. The Kier molecular flexibility index (Phi) is 4.91. The molecule has 1 saturated carbocycles. The van der Waals surface area contributed by atoms with Gasteiger partial charge in [0, 0.05) is 31.6 Å². The summed E-state index contributed by atoms with van der Waals surface area (Å²) in [5.74, 6) is 0.630. The van der Waals surface area contributed by atoms with Gasteiger partial charge in [-0.15, -0.1) is 0 Å². The van der Waals surface area contributed by atoms with Crippen molar-refractivity contribution in [1.82, 2.24) is 10.2 Å². The normalized spacial score (nSPS) is 21.0. The first-order valence-electron chi connectivity index (χ1n) is 8.38. The van der Waals surface area contributed by atoms with E-state index in [9.17, 15) is 4.79 Å². The minimum Gasteiger partial charge on any atom is -0.353 e. The third-order valence-corrected chi connectivity index (χ3v) is 4.97. The van der Waals surface area contributed by atoms with Crippen molar-refractivity contribution in [2.75, 3.05) is 19.6 Å². The molecule has 1 saturated heterocycles. The zero-order chi connectivity index (χ0) is 14.5. The number of hydrogen-bond acceptors (Lipinski definition) is 2. The molecule has 1 N–H and O–H groups in total. The van der Waals surface area contributed by atoms with E-state index in [4.69, 9.17) is 0 Å². The van der Waals surface area contributed by atoms with Gasteiger partial charge in [0.1, 0.15) is 0 Å². The number of carbonyl (C=O) groups excluding carboxylic acids is 1. The Morgan fingerprint density at radius 1 is 1.10 bits per heavy atom. The first-order chi connectivity index (χ1) is 10.3. The summed E-state index contributed by atoms with van der Waals surface area (Å²) in [7, 11) is 0. The van der Waals surface area contributed by atoms with E-state index in [1.54, 1.807) is 0 Å². The van der Waals surface area contributed by atoms with Crippen molar-refractivity contribution in [2.45, 2.75) is 44.6 Å². The summed E-state index contributed by atoms with van der Waals surface area (Å²) in [6, 6.07) is 11.1. The molecule has 1 amide bonds. The molecule has 0 aromatic heterocycles. The number of rotatable bonds is 5. The Bertz CT molecular complexity index is 448. The second kappa shape index (κ2) is 7.08. The van der Waals surface area contributed by atoms with Gasteiger partial charge in [0.2, 0.25) is 5.91 Å². The first-order valence-corrected chi connectivity index (χ1v) is 8.38. The van der Waals surface area contributed by atoms with Crippen LogP contribution in [0.15, 0.2) is 30.3 Å². The van der Waals surface area contributed by atoms with Crippen molar-refractivity contribution >= 4 is 5.91 Å². The number of piperidine rings is 1. The van der Waals surface area contributed by atoms with Gasteiger partial charge in [-0.2, -0.15) is 0 Å². The number of amides is 1. The third kappa shape index (κ3) is 4.07. The molecule has 114 valence electrons. The molecule has 0 atom stereocenters. The molecule has 0 unspecified atom stereocenters. The van der Waals surface area contributed by atoms with Crippen LogP contribution < -0.4 is 5.32 Å². The van der Waals surface area contributed by atoms with Crippen LogP contribution in [0.2, 0.25) is 0 Å². The minimum atomic E-state index is 0.309. The monoisotopic (exact) mass is 286 g/mol. The lowest BCUT2D eigenvalue weighted by atomic mass is 9.84. The predicted molar refractivity (Wildman–Crippen MR) is 85.1 cm³/mol. The lowest BCUT2D eigenvalue weighted by Gasteiger charge is -2.34. The molecule has 1 aromatic carbocycles. The number of hydrogen-bond donors (Lipinski definition) is 1. The zero-order valence-corrected chi connectivity index (χ0v) is 12.8. The molecule has 3 nitrogen and oxygen atoms in total.